The third-order valence-electron chi connectivity index (χ3n) is 2.91. The van der Waals surface area contributed by atoms with Crippen molar-refractivity contribution < 1.29 is 9.53 Å². The van der Waals surface area contributed by atoms with Crippen LogP contribution in [0.1, 0.15) is 36.8 Å². The minimum Gasteiger partial charge on any atom is -0.496 e. The second-order valence-corrected chi connectivity index (χ2v) is 7.30. The number of aromatic nitrogens is 1. The smallest absolute Gasteiger partial charge is 0.257 e. The zero-order valence-corrected chi connectivity index (χ0v) is 14.8. The fourth-order valence-electron chi connectivity index (χ4n) is 1.65. The molecule has 0 aliphatic rings. The highest BCUT2D eigenvalue weighted by Gasteiger charge is 2.18. The Morgan fingerprint density at radius 3 is 2.62 bits per heavy atom. The molecular formula is C15H17BrN2O2S. The maximum atomic E-state index is 12.2. The maximum Gasteiger partial charge on any atom is 0.257 e. The molecule has 0 fully saturated rings. The van der Waals surface area contributed by atoms with Gasteiger partial charge in [-0.1, -0.05) is 20.8 Å². The summed E-state index contributed by atoms with van der Waals surface area (Å²) in [5.74, 6) is 0.504. The van der Waals surface area contributed by atoms with E-state index in [0.717, 1.165) is 10.2 Å². The van der Waals surface area contributed by atoms with E-state index in [1.54, 1.807) is 25.3 Å². The molecule has 1 aromatic carbocycles. The van der Waals surface area contributed by atoms with Crippen LogP contribution in [0.5, 0.6) is 5.75 Å². The van der Waals surface area contributed by atoms with E-state index in [1.807, 2.05) is 5.38 Å². The third kappa shape index (κ3) is 3.83. The van der Waals surface area contributed by atoms with Crippen LogP contribution in [0.3, 0.4) is 0 Å². The normalized spacial score (nSPS) is 11.3. The fourth-order valence-corrected chi connectivity index (χ4v) is 3.13. The molecule has 1 N–H and O–H groups in total. The summed E-state index contributed by atoms with van der Waals surface area (Å²) in [7, 11) is 1.59. The number of ether oxygens (including phenoxy) is 1. The molecule has 1 aromatic heterocycles. The zero-order valence-electron chi connectivity index (χ0n) is 12.4. The molecule has 4 nitrogen and oxygen atoms in total. The summed E-state index contributed by atoms with van der Waals surface area (Å²) in [4.78, 5) is 16.7. The number of amides is 1. The molecule has 2 rings (SSSR count). The SMILES string of the molecule is COc1ccc(C(=O)Nc2nc(C(C)(C)C)cs2)cc1Br. The lowest BCUT2D eigenvalue weighted by atomic mass is 9.93. The number of nitrogens with one attached hydrogen (secondary N) is 1. The number of halogens is 1. The van der Waals surface area contributed by atoms with Gasteiger partial charge in [-0.25, -0.2) is 4.98 Å². The minimum atomic E-state index is -0.187. The van der Waals surface area contributed by atoms with Gasteiger partial charge in [0.2, 0.25) is 0 Å². The first kappa shape index (κ1) is 16.0. The molecule has 0 radical (unpaired) electrons. The average Bonchev–Trinajstić information content (AvgIpc) is 2.87. The summed E-state index contributed by atoms with van der Waals surface area (Å²) in [6.07, 6.45) is 0. The monoisotopic (exact) mass is 368 g/mol. The van der Waals surface area contributed by atoms with Gasteiger partial charge < -0.3 is 4.74 Å². The van der Waals surface area contributed by atoms with Crippen LogP contribution in [0.15, 0.2) is 28.1 Å². The lowest BCUT2D eigenvalue weighted by Crippen LogP contribution is -2.14. The highest BCUT2D eigenvalue weighted by Crippen LogP contribution is 2.28. The second-order valence-electron chi connectivity index (χ2n) is 5.59. The molecule has 112 valence electrons. The quantitative estimate of drug-likeness (QED) is 0.869. The summed E-state index contributed by atoms with van der Waals surface area (Å²) in [5, 5.41) is 5.40. The molecule has 1 heterocycles. The van der Waals surface area contributed by atoms with Crippen molar-refractivity contribution in [3.8, 4) is 5.75 Å². The van der Waals surface area contributed by atoms with Crippen molar-refractivity contribution in [3.05, 3.63) is 39.3 Å². The molecule has 0 atom stereocenters. The van der Waals surface area contributed by atoms with Gasteiger partial charge in [0.1, 0.15) is 5.75 Å². The molecule has 2 aromatic rings. The predicted molar refractivity (Wildman–Crippen MR) is 89.5 cm³/mol. The van der Waals surface area contributed by atoms with Crippen molar-refractivity contribution in [2.24, 2.45) is 0 Å². The first-order valence-corrected chi connectivity index (χ1v) is 8.09. The molecule has 0 aliphatic heterocycles. The predicted octanol–water partition coefficient (Wildman–Crippen LogP) is 4.46. The standard InChI is InChI=1S/C15H17BrN2O2S/c1-15(2,3)12-8-21-14(17-12)18-13(19)9-5-6-11(20-4)10(16)7-9/h5-8H,1-4H3,(H,17,18,19). The van der Waals surface area contributed by atoms with Crippen LogP contribution in [0.2, 0.25) is 0 Å². The van der Waals surface area contributed by atoms with Crippen molar-refractivity contribution in [3.63, 3.8) is 0 Å². The van der Waals surface area contributed by atoms with Gasteiger partial charge in [-0.05, 0) is 34.1 Å². The number of benzene rings is 1. The average molecular weight is 369 g/mol. The Labute approximate surface area is 136 Å². The summed E-state index contributed by atoms with van der Waals surface area (Å²) >= 11 is 4.81. The Bertz CT molecular complexity index is 662. The first-order chi connectivity index (χ1) is 9.81. The van der Waals surface area contributed by atoms with E-state index in [4.69, 9.17) is 4.74 Å². The van der Waals surface area contributed by atoms with E-state index in [2.05, 4.69) is 47.0 Å². The molecule has 0 bridgehead atoms. The Hall–Kier alpha value is -1.40. The lowest BCUT2D eigenvalue weighted by molar-refractivity contribution is 0.102. The Balaban J connectivity index is 2.14. The summed E-state index contributed by atoms with van der Waals surface area (Å²) in [6, 6.07) is 5.20. The molecule has 1 amide bonds. The number of carbonyl (C=O) groups excluding carboxylic acids is 1. The highest BCUT2D eigenvalue weighted by atomic mass is 79.9. The van der Waals surface area contributed by atoms with E-state index in [1.165, 1.54) is 11.3 Å². The van der Waals surface area contributed by atoms with Gasteiger partial charge in [0.15, 0.2) is 5.13 Å². The highest BCUT2D eigenvalue weighted by molar-refractivity contribution is 9.10. The van der Waals surface area contributed by atoms with E-state index in [0.29, 0.717) is 16.4 Å². The number of methoxy groups -OCH3 is 1. The van der Waals surface area contributed by atoms with Gasteiger partial charge >= 0.3 is 0 Å². The Morgan fingerprint density at radius 2 is 2.10 bits per heavy atom. The van der Waals surface area contributed by atoms with E-state index in [9.17, 15) is 4.79 Å². The fraction of sp³-hybridized carbons (Fsp3) is 0.333. The number of hydrogen-bond acceptors (Lipinski definition) is 4. The number of anilines is 1. The van der Waals surface area contributed by atoms with Crippen molar-refractivity contribution >= 4 is 38.3 Å². The largest absolute Gasteiger partial charge is 0.496 e. The zero-order chi connectivity index (χ0) is 15.6. The number of rotatable bonds is 3. The number of thiazole rings is 1. The van der Waals surface area contributed by atoms with Crippen LogP contribution < -0.4 is 10.1 Å². The summed E-state index contributed by atoms with van der Waals surface area (Å²) in [5.41, 5.74) is 1.50. The summed E-state index contributed by atoms with van der Waals surface area (Å²) in [6.45, 7) is 6.27. The third-order valence-corrected chi connectivity index (χ3v) is 4.28. The topological polar surface area (TPSA) is 51.2 Å². The van der Waals surface area contributed by atoms with Crippen molar-refractivity contribution in [1.29, 1.82) is 0 Å². The number of carbonyl (C=O) groups is 1. The molecule has 0 spiro atoms. The Morgan fingerprint density at radius 1 is 1.38 bits per heavy atom. The van der Waals surface area contributed by atoms with Crippen LogP contribution >= 0.6 is 27.3 Å². The van der Waals surface area contributed by atoms with Gasteiger partial charge in [-0.2, -0.15) is 0 Å². The number of hydrogen-bond donors (Lipinski definition) is 1. The molecule has 21 heavy (non-hydrogen) atoms. The minimum absolute atomic E-state index is 0.0252. The molecule has 0 unspecified atom stereocenters. The van der Waals surface area contributed by atoms with Crippen molar-refractivity contribution in [2.45, 2.75) is 26.2 Å². The van der Waals surface area contributed by atoms with Gasteiger partial charge in [0.25, 0.3) is 5.91 Å². The van der Waals surface area contributed by atoms with Gasteiger partial charge in [-0.3, -0.25) is 10.1 Å². The number of nitrogens with zero attached hydrogens (tertiary/aromatic N) is 1. The van der Waals surface area contributed by atoms with Crippen LogP contribution in [0, 0.1) is 0 Å². The molecule has 0 saturated heterocycles. The van der Waals surface area contributed by atoms with E-state index < -0.39 is 0 Å². The molecule has 0 aliphatic carbocycles. The van der Waals surface area contributed by atoms with E-state index >= 15 is 0 Å². The van der Waals surface area contributed by atoms with Gasteiger partial charge in [0, 0.05) is 16.4 Å². The first-order valence-electron chi connectivity index (χ1n) is 6.42. The van der Waals surface area contributed by atoms with Gasteiger partial charge in [-0.15, -0.1) is 11.3 Å². The lowest BCUT2D eigenvalue weighted by Gasteiger charge is -2.14. The van der Waals surface area contributed by atoms with Crippen molar-refractivity contribution in [1.82, 2.24) is 4.98 Å². The summed E-state index contributed by atoms with van der Waals surface area (Å²) < 4.78 is 5.89. The van der Waals surface area contributed by atoms with Crippen molar-refractivity contribution in [2.75, 3.05) is 12.4 Å². The van der Waals surface area contributed by atoms with Crippen LogP contribution in [0.4, 0.5) is 5.13 Å². The molecule has 0 saturated carbocycles. The van der Waals surface area contributed by atoms with Crippen LogP contribution in [-0.2, 0) is 5.41 Å². The second kappa shape index (κ2) is 6.15. The van der Waals surface area contributed by atoms with Gasteiger partial charge in [0.05, 0.1) is 17.3 Å². The van der Waals surface area contributed by atoms with Crippen LogP contribution in [-0.4, -0.2) is 18.0 Å². The molecule has 6 heteroatoms. The molecular weight excluding hydrogens is 352 g/mol. The van der Waals surface area contributed by atoms with Crippen LogP contribution in [0.25, 0.3) is 0 Å². The maximum absolute atomic E-state index is 12.2. The van der Waals surface area contributed by atoms with E-state index in [-0.39, 0.29) is 11.3 Å². The Kier molecular flexibility index (Phi) is 4.68.